The van der Waals surface area contributed by atoms with Gasteiger partial charge in [-0.1, -0.05) is 30.3 Å². The summed E-state index contributed by atoms with van der Waals surface area (Å²) in [6.07, 6.45) is 1.17. The van der Waals surface area contributed by atoms with E-state index in [4.69, 9.17) is 9.47 Å². The van der Waals surface area contributed by atoms with Gasteiger partial charge in [-0.2, -0.15) is 0 Å². The Hall–Kier alpha value is -5.46. The third kappa shape index (κ3) is 6.28. The molecule has 0 bridgehead atoms. The van der Waals surface area contributed by atoms with Crippen molar-refractivity contribution in [1.82, 2.24) is 25.4 Å². The highest BCUT2D eigenvalue weighted by molar-refractivity contribution is 8.00. The lowest BCUT2D eigenvalue weighted by Gasteiger charge is -2.49. The molecule has 4 aliphatic rings. The van der Waals surface area contributed by atoms with Gasteiger partial charge in [0.25, 0.3) is 5.91 Å². The number of esters is 1. The number of imide groups is 1. The molecule has 2 saturated heterocycles. The van der Waals surface area contributed by atoms with Crippen LogP contribution in [-0.4, -0.2) is 103 Å². The number of rotatable bonds is 9. The third-order valence-electron chi connectivity index (χ3n) is 6.98. The molecule has 3 atom stereocenters. The van der Waals surface area contributed by atoms with Crippen LogP contribution in [0.2, 0.25) is 0 Å². The normalized spacial score (nSPS) is 22.3. The van der Waals surface area contributed by atoms with Gasteiger partial charge in [-0.3, -0.25) is 29.4 Å². The van der Waals surface area contributed by atoms with Crippen molar-refractivity contribution >= 4 is 53.5 Å². The van der Waals surface area contributed by atoms with E-state index in [0.29, 0.717) is 5.56 Å². The zero-order valence-electron chi connectivity index (χ0n) is 23.4. The molecule has 19 heteroatoms. The van der Waals surface area contributed by atoms with Crippen molar-refractivity contribution in [3.8, 4) is 0 Å². The third-order valence-corrected chi connectivity index (χ3v) is 8.32. The van der Waals surface area contributed by atoms with Gasteiger partial charge in [0.2, 0.25) is 11.8 Å². The molecule has 1 aromatic carbocycles. The van der Waals surface area contributed by atoms with E-state index in [1.54, 1.807) is 30.3 Å². The van der Waals surface area contributed by atoms with E-state index in [1.807, 2.05) is 0 Å². The van der Waals surface area contributed by atoms with E-state index in [-0.39, 0.29) is 49.0 Å². The highest BCUT2D eigenvalue weighted by atomic mass is 32.2. The molecule has 5 rings (SSSR count). The molecule has 4 heterocycles. The second-order valence-corrected chi connectivity index (χ2v) is 11.0. The predicted octanol–water partition coefficient (Wildman–Crippen LogP) is 0.329. The largest absolute Gasteiger partial charge is 0.477 e. The van der Waals surface area contributed by atoms with Crippen LogP contribution in [0, 0.1) is 10.1 Å². The monoisotopic (exact) mass is 643 g/mol. The summed E-state index contributed by atoms with van der Waals surface area (Å²) in [4.78, 5) is 87.9. The Morgan fingerprint density at radius 1 is 1.22 bits per heavy atom. The lowest BCUT2D eigenvalue weighted by atomic mass is 10.0. The minimum Gasteiger partial charge on any atom is -0.477 e. The zero-order valence-corrected chi connectivity index (χ0v) is 24.2. The quantitative estimate of drug-likeness (QED) is 0.143. The van der Waals surface area contributed by atoms with E-state index in [0.717, 1.165) is 14.8 Å². The van der Waals surface area contributed by atoms with Gasteiger partial charge in [-0.15, -0.1) is 16.9 Å². The number of nitrogens with zero attached hydrogens (tertiary/aromatic N) is 5. The van der Waals surface area contributed by atoms with Gasteiger partial charge in [0.15, 0.2) is 0 Å². The van der Waals surface area contributed by atoms with Crippen molar-refractivity contribution < 1.29 is 48.3 Å². The van der Waals surface area contributed by atoms with Crippen molar-refractivity contribution in [2.75, 3.05) is 25.4 Å². The molecule has 6 amide bonds. The first kappa shape index (κ1) is 31.0. The van der Waals surface area contributed by atoms with Crippen LogP contribution < -0.4 is 10.6 Å². The molecule has 4 aliphatic heterocycles. The number of hydrazone groups is 1. The van der Waals surface area contributed by atoms with E-state index in [9.17, 15) is 44.0 Å². The standard InChI is InChI=1S/C26H25N7O11S/c1-13(34)43-11-15-12-45-23-19(22(36)32(23)20(15)24(37)38)27-21(35)18(14-5-3-2-4-6-14)28-25(39)30-9-10-31(26(30)40)29-16-7-8-17(44-16)33(41)42/h2-6,8,18-19,23H,7,9-12H2,1H3,(H,27,35)(H,28,39)(H,37,38)/t18-,19?,23-/m1/s1. The molecule has 1 aromatic rings. The lowest BCUT2D eigenvalue weighted by molar-refractivity contribution is -0.454. The summed E-state index contributed by atoms with van der Waals surface area (Å²) in [6, 6.07) is 3.76. The number of benzene rings is 1. The van der Waals surface area contributed by atoms with E-state index < -0.39 is 64.1 Å². The molecule has 0 aliphatic carbocycles. The Kier molecular flexibility index (Phi) is 8.70. The summed E-state index contributed by atoms with van der Waals surface area (Å²) < 4.78 is 9.91. The number of hydrogen-bond acceptors (Lipinski definition) is 12. The number of hydrogen-bond donors (Lipinski definition) is 3. The van der Waals surface area contributed by atoms with Gasteiger partial charge < -0.3 is 25.2 Å². The lowest BCUT2D eigenvalue weighted by Crippen LogP contribution is -2.71. The highest BCUT2D eigenvalue weighted by Gasteiger charge is 2.54. The van der Waals surface area contributed by atoms with E-state index in [1.165, 1.54) is 24.8 Å². The zero-order chi connectivity index (χ0) is 32.4. The topological polar surface area (TPSA) is 230 Å². The van der Waals surface area contributed by atoms with Crippen LogP contribution in [0.15, 0.2) is 58.7 Å². The fourth-order valence-corrected chi connectivity index (χ4v) is 6.19. The maximum Gasteiger partial charge on any atom is 0.430 e. The van der Waals surface area contributed by atoms with Crippen molar-refractivity contribution in [2.45, 2.75) is 30.8 Å². The SMILES string of the molecule is CC(=O)OCC1=C(C(=O)O)N2C(=O)C(NC(=O)[C@H](NC(=O)N3CCN(N=C4CC=C([N+](=O)[O-])O4)C3=O)c3ccccc3)[C@H]2SC1. The van der Waals surface area contributed by atoms with Crippen molar-refractivity contribution in [3.63, 3.8) is 0 Å². The highest BCUT2D eigenvalue weighted by Crippen LogP contribution is 2.40. The summed E-state index contributed by atoms with van der Waals surface area (Å²) in [7, 11) is 0. The molecule has 0 saturated carbocycles. The molecular formula is C26H25N7O11S. The van der Waals surface area contributed by atoms with Gasteiger partial charge in [0.05, 0.1) is 19.5 Å². The van der Waals surface area contributed by atoms with Crippen LogP contribution in [0.4, 0.5) is 9.59 Å². The van der Waals surface area contributed by atoms with E-state index >= 15 is 0 Å². The Labute approximate surface area is 257 Å². The fourth-order valence-electron chi connectivity index (χ4n) is 4.86. The number of carbonyl (C=O) groups excluding carboxylic acids is 5. The van der Waals surface area contributed by atoms with Crippen LogP contribution in [-0.2, 0) is 28.7 Å². The first-order valence-electron chi connectivity index (χ1n) is 13.3. The number of aliphatic carboxylic acids is 1. The molecule has 3 N–H and O–H groups in total. The van der Waals surface area contributed by atoms with Crippen molar-refractivity contribution in [1.29, 1.82) is 0 Å². The summed E-state index contributed by atoms with van der Waals surface area (Å²) in [5, 5.41) is 29.8. The Bertz CT molecular complexity index is 1580. The first-order chi connectivity index (χ1) is 21.5. The number of carbonyl (C=O) groups is 6. The number of carboxylic acids is 1. The smallest absolute Gasteiger partial charge is 0.430 e. The van der Waals surface area contributed by atoms with Crippen LogP contribution >= 0.6 is 11.8 Å². The summed E-state index contributed by atoms with van der Waals surface area (Å²) in [5.74, 6) is -4.00. The maximum atomic E-state index is 13.5. The maximum absolute atomic E-state index is 13.5. The van der Waals surface area contributed by atoms with Crippen LogP contribution in [0.3, 0.4) is 0 Å². The van der Waals surface area contributed by atoms with Crippen molar-refractivity contribution in [3.05, 3.63) is 69.2 Å². The summed E-state index contributed by atoms with van der Waals surface area (Å²) in [5.41, 5.74) is 0.243. The Morgan fingerprint density at radius 3 is 2.60 bits per heavy atom. The number of ether oxygens (including phenoxy) is 2. The average molecular weight is 644 g/mol. The number of amides is 6. The second kappa shape index (κ2) is 12.6. The number of fused-ring (bicyclic) bond motifs is 1. The Morgan fingerprint density at radius 2 is 1.96 bits per heavy atom. The average Bonchev–Trinajstić information content (AvgIpc) is 3.64. The molecular weight excluding hydrogens is 618 g/mol. The molecule has 0 aromatic heterocycles. The summed E-state index contributed by atoms with van der Waals surface area (Å²) >= 11 is 1.17. The van der Waals surface area contributed by atoms with Gasteiger partial charge in [-0.25, -0.2) is 24.3 Å². The number of nitro groups is 1. The van der Waals surface area contributed by atoms with Gasteiger partial charge in [-0.05, 0) is 5.56 Å². The number of β-lactam (4-membered cyclic amide) rings is 1. The number of thioether (sulfide) groups is 1. The minimum atomic E-state index is -1.39. The molecule has 0 radical (unpaired) electrons. The molecule has 2 fully saturated rings. The molecule has 236 valence electrons. The van der Waals surface area contributed by atoms with Gasteiger partial charge in [0.1, 0.15) is 34.7 Å². The predicted molar refractivity (Wildman–Crippen MR) is 151 cm³/mol. The minimum absolute atomic E-state index is 0.0175. The molecule has 45 heavy (non-hydrogen) atoms. The van der Waals surface area contributed by atoms with Crippen LogP contribution in [0.1, 0.15) is 24.9 Å². The molecule has 1 unspecified atom stereocenters. The molecule has 0 spiro atoms. The van der Waals surface area contributed by atoms with Crippen LogP contribution in [0.25, 0.3) is 0 Å². The Balaban J connectivity index is 1.27. The number of nitrogens with one attached hydrogen (secondary N) is 2. The second-order valence-electron chi connectivity index (χ2n) is 9.88. The summed E-state index contributed by atoms with van der Waals surface area (Å²) in [6.45, 7) is 0.710. The molecule has 18 nitrogen and oxygen atoms in total. The van der Waals surface area contributed by atoms with Crippen LogP contribution in [0.5, 0.6) is 0 Å². The number of urea groups is 2. The van der Waals surface area contributed by atoms with Crippen molar-refractivity contribution in [2.24, 2.45) is 5.10 Å². The number of carboxylic acid groups (broad SMARTS) is 1. The first-order valence-corrected chi connectivity index (χ1v) is 14.4. The van der Waals surface area contributed by atoms with Gasteiger partial charge >= 0.3 is 29.9 Å². The van der Waals surface area contributed by atoms with Gasteiger partial charge in [0, 0.05) is 24.3 Å². The fraction of sp³-hybridized carbons (Fsp3) is 0.346. The van der Waals surface area contributed by atoms with E-state index in [2.05, 4.69) is 15.7 Å².